The molecular formula is C15H26N4O7S2. The first-order valence-corrected chi connectivity index (χ1v) is 9.54. The number of nitrogens with one attached hydrogen (secondary N) is 3. The highest BCUT2D eigenvalue weighted by atomic mass is 32.1. The van der Waals surface area contributed by atoms with E-state index in [9.17, 15) is 24.0 Å². The quantitative estimate of drug-likeness (QED) is 0.158. The fourth-order valence-corrected chi connectivity index (χ4v) is 2.39. The van der Waals surface area contributed by atoms with Crippen LogP contribution in [0, 0.1) is 5.92 Å². The second kappa shape index (κ2) is 12.5. The number of rotatable bonds is 12. The van der Waals surface area contributed by atoms with Crippen LogP contribution >= 0.6 is 25.3 Å². The zero-order chi connectivity index (χ0) is 22.0. The van der Waals surface area contributed by atoms with Gasteiger partial charge in [0.05, 0.1) is 12.5 Å². The third-order valence-corrected chi connectivity index (χ3v) is 4.35. The third-order valence-electron chi connectivity index (χ3n) is 3.59. The highest BCUT2D eigenvalue weighted by molar-refractivity contribution is 7.80. The molecule has 7 N–H and O–H groups in total. The van der Waals surface area contributed by atoms with Gasteiger partial charge in [-0.05, 0) is 5.92 Å². The van der Waals surface area contributed by atoms with Gasteiger partial charge in [0.2, 0.25) is 17.7 Å². The Labute approximate surface area is 173 Å². The third kappa shape index (κ3) is 8.80. The largest absolute Gasteiger partial charge is 0.481 e. The summed E-state index contributed by atoms with van der Waals surface area (Å²) in [5.74, 6) is -5.80. The van der Waals surface area contributed by atoms with E-state index in [2.05, 4.69) is 41.2 Å². The number of nitrogens with two attached hydrogens (primary N) is 1. The van der Waals surface area contributed by atoms with Crippen LogP contribution in [0.25, 0.3) is 0 Å². The first-order valence-electron chi connectivity index (χ1n) is 8.27. The van der Waals surface area contributed by atoms with E-state index in [1.54, 1.807) is 13.8 Å². The molecule has 0 spiro atoms. The molecule has 4 atom stereocenters. The first kappa shape index (κ1) is 26.0. The molecule has 0 aliphatic heterocycles. The van der Waals surface area contributed by atoms with Gasteiger partial charge in [0.15, 0.2) is 0 Å². The fraction of sp³-hybridized carbons (Fsp3) is 0.667. The van der Waals surface area contributed by atoms with Crippen molar-refractivity contribution in [1.82, 2.24) is 16.0 Å². The van der Waals surface area contributed by atoms with Crippen LogP contribution in [0.2, 0.25) is 0 Å². The van der Waals surface area contributed by atoms with Gasteiger partial charge in [-0.25, -0.2) is 4.79 Å². The maximum atomic E-state index is 12.5. The number of amides is 3. The van der Waals surface area contributed by atoms with Crippen LogP contribution in [0.3, 0.4) is 0 Å². The molecule has 3 amide bonds. The van der Waals surface area contributed by atoms with E-state index >= 15 is 0 Å². The highest BCUT2D eigenvalue weighted by Crippen LogP contribution is 2.05. The molecule has 160 valence electrons. The molecule has 0 fully saturated rings. The maximum Gasteiger partial charge on any atom is 0.327 e. The molecule has 0 aromatic rings. The van der Waals surface area contributed by atoms with Crippen LogP contribution in [0.5, 0.6) is 0 Å². The van der Waals surface area contributed by atoms with Crippen molar-refractivity contribution in [3.8, 4) is 0 Å². The van der Waals surface area contributed by atoms with Gasteiger partial charge >= 0.3 is 11.9 Å². The van der Waals surface area contributed by atoms with Crippen LogP contribution < -0.4 is 21.7 Å². The van der Waals surface area contributed by atoms with Crippen molar-refractivity contribution in [2.45, 2.75) is 44.4 Å². The van der Waals surface area contributed by atoms with E-state index in [0.717, 1.165) is 0 Å². The Bertz CT molecular complexity index is 603. The Hall–Kier alpha value is -1.99. The predicted molar refractivity (Wildman–Crippen MR) is 106 cm³/mol. The smallest absolute Gasteiger partial charge is 0.327 e. The molecule has 0 aliphatic rings. The normalized spacial score (nSPS) is 15.1. The molecule has 0 rings (SSSR count). The lowest BCUT2D eigenvalue weighted by Gasteiger charge is -2.26. The van der Waals surface area contributed by atoms with Crippen LogP contribution in [0.1, 0.15) is 20.3 Å². The molecule has 0 aromatic carbocycles. The number of carbonyl (C=O) groups excluding carboxylic acids is 3. The summed E-state index contributed by atoms with van der Waals surface area (Å²) in [5.41, 5.74) is 5.55. The SMILES string of the molecule is CC(C)C(NC(=O)C(N)CS)C(=O)NC(CC(=O)O)C(=O)NC(CS)C(=O)O. The lowest BCUT2D eigenvalue weighted by atomic mass is 10.0. The van der Waals surface area contributed by atoms with Crippen LogP contribution in [-0.4, -0.2) is 75.5 Å². The summed E-state index contributed by atoms with van der Waals surface area (Å²) in [6, 6.07) is -4.97. The number of carbonyl (C=O) groups is 5. The minimum absolute atomic E-state index is 0.0443. The Kier molecular flexibility index (Phi) is 11.6. The standard InChI is InChI=1S/C15H26N4O7S2/c1-6(2)11(19-12(22)7(16)4-27)14(24)17-8(3-10(20)21)13(23)18-9(5-28)15(25)26/h6-9,11,27-28H,3-5,16H2,1-2H3,(H,17,24)(H,18,23)(H,19,22)(H,20,21)(H,25,26). The van der Waals surface area contributed by atoms with Gasteiger partial charge < -0.3 is 31.9 Å². The molecule has 0 aliphatic carbocycles. The molecule has 0 heterocycles. The maximum absolute atomic E-state index is 12.5. The number of hydrogen-bond donors (Lipinski definition) is 8. The van der Waals surface area contributed by atoms with Crippen molar-refractivity contribution in [1.29, 1.82) is 0 Å². The van der Waals surface area contributed by atoms with Gasteiger partial charge in [0.1, 0.15) is 18.1 Å². The van der Waals surface area contributed by atoms with Gasteiger partial charge in [-0.2, -0.15) is 25.3 Å². The minimum Gasteiger partial charge on any atom is -0.481 e. The Morgan fingerprint density at radius 3 is 1.79 bits per heavy atom. The van der Waals surface area contributed by atoms with Crippen molar-refractivity contribution in [3.05, 3.63) is 0 Å². The van der Waals surface area contributed by atoms with Crippen LogP contribution in [0.15, 0.2) is 0 Å². The number of carboxylic acids is 2. The minimum atomic E-state index is -1.55. The Balaban J connectivity index is 5.34. The summed E-state index contributed by atoms with van der Waals surface area (Å²) in [6.45, 7) is 3.26. The van der Waals surface area contributed by atoms with E-state index < -0.39 is 66.2 Å². The van der Waals surface area contributed by atoms with Crippen molar-refractivity contribution in [2.24, 2.45) is 11.7 Å². The summed E-state index contributed by atoms with van der Waals surface area (Å²) in [7, 11) is 0. The van der Waals surface area contributed by atoms with Crippen LogP contribution in [0.4, 0.5) is 0 Å². The molecular weight excluding hydrogens is 412 g/mol. The molecule has 0 aromatic heterocycles. The molecule has 0 saturated heterocycles. The molecule has 0 radical (unpaired) electrons. The lowest BCUT2D eigenvalue weighted by Crippen LogP contribution is -2.59. The number of aliphatic carboxylic acids is 2. The van der Waals surface area contributed by atoms with Gasteiger partial charge in [0, 0.05) is 11.5 Å². The Morgan fingerprint density at radius 2 is 1.39 bits per heavy atom. The van der Waals surface area contributed by atoms with E-state index in [4.69, 9.17) is 15.9 Å². The number of hydrogen-bond acceptors (Lipinski definition) is 8. The second-order valence-electron chi connectivity index (χ2n) is 6.26. The van der Waals surface area contributed by atoms with Crippen LogP contribution in [-0.2, 0) is 24.0 Å². The van der Waals surface area contributed by atoms with E-state index in [0.29, 0.717) is 0 Å². The van der Waals surface area contributed by atoms with Crippen molar-refractivity contribution in [2.75, 3.05) is 11.5 Å². The van der Waals surface area contributed by atoms with Gasteiger partial charge in [-0.1, -0.05) is 13.8 Å². The zero-order valence-corrected chi connectivity index (χ0v) is 17.2. The summed E-state index contributed by atoms with van der Waals surface area (Å²) in [4.78, 5) is 58.8. The van der Waals surface area contributed by atoms with Crippen molar-refractivity contribution in [3.63, 3.8) is 0 Å². The Morgan fingerprint density at radius 1 is 0.857 bits per heavy atom. The van der Waals surface area contributed by atoms with E-state index in [-0.39, 0.29) is 11.5 Å². The molecule has 13 heteroatoms. The average molecular weight is 439 g/mol. The fourth-order valence-electron chi connectivity index (χ4n) is 1.98. The molecule has 4 unspecified atom stereocenters. The molecule has 28 heavy (non-hydrogen) atoms. The molecule has 0 saturated carbocycles. The lowest BCUT2D eigenvalue weighted by molar-refractivity contribution is -0.143. The summed E-state index contributed by atoms with van der Waals surface area (Å²) >= 11 is 7.70. The molecule has 0 bridgehead atoms. The summed E-state index contributed by atoms with van der Waals surface area (Å²) in [5, 5.41) is 24.7. The van der Waals surface area contributed by atoms with Gasteiger partial charge in [-0.3, -0.25) is 19.2 Å². The highest BCUT2D eigenvalue weighted by Gasteiger charge is 2.32. The summed E-state index contributed by atoms with van der Waals surface area (Å²) in [6.07, 6.45) is -0.786. The monoisotopic (exact) mass is 438 g/mol. The van der Waals surface area contributed by atoms with Gasteiger partial charge in [0.25, 0.3) is 0 Å². The zero-order valence-electron chi connectivity index (χ0n) is 15.4. The summed E-state index contributed by atoms with van der Waals surface area (Å²) < 4.78 is 0. The van der Waals surface area contributed by atoms with Crippen molar-refractivity contribution >= 4 is 54.9 Å². The van der Waals surface area contributed by atoms with E-state index in [1.807, 2.05) is 0 Å². The average Bonchev–Trinajstić information content (AvgIpc) is 2.61. The first-order chi connectivity index (χ1) is 12.9. The number of thiol groups is 2. The molecule has 11 nitrogen and oxygen atoms in total. The second-order valence-corrected chi connectivity index (χ2v) is 6.99. The van der Waals surface area contributed by atoms with E-state index in [1.165, 1.54) is 0 Å². The van der Waals surface area contributed by atoms with Gasteiger partial charge in [-0.15, -0.1) is 0 Å². The topological polar surface area (TPSA) is 188 Å². The number of carboxylic acid groups (broad SMARTS) is 2. The predicted octanol–water partition coefficient (Wildman–Crippen LogP) is -2.16. The van der Waals surface area contributed by atoms with Crippen molar-refractivity contribution < 1.29 is 34.2 Å².